The lowest BCUT2D eigenvalue weighted by Crippen LogP contribution is -2.03. The quantitative estimate of drug-likeness (QED) is 0.192. The lowest BCUT2D eigenvalue weighted by molar-refractivity contribution is -0.141. The summed E-state index contributed by atoms with van der Waals surface area (Å²) in [5, 5.41) is 0. The van der Waals surface area contributed by atoms with Crippen molar-refractivity contribution in [3.05, 3.63) is 24.3 Å². The summed E-state index contributed by atoms with van der Waals surface area (Å²) in [6, 6.07) is 0. The predicted octanol–water partition coefficient (Wildman–Crippen LogP) is 7.00. The van der Waals surface area contributed by atoms with Crippen molar-refractivity contribution < 1.29 is 9.53 Å². The summed E-state index contributed by atoms with van der Waals surface area (Å²) in [6.45, 7) is 4.32. The van der Waals surface area contributed by atoms with Crippen molar-refractivity contribution in [3.8, 4) is 0 Å². The minimum Gasteiger partial charge on any atom is -0.466 e. The van der Waals surface area contributed by atoms with E-state index in [-0.39, 0.29) is 5.97 Å². The molecule has 0 amide bonds. The van der Waals surface area contributed by atoms with Crippen LogP contribution in [-0.2, 0) is 9.53 Å². The molecule has 0 bridgehead atoms. The summed E-state index contributed by atoms with van der Waals surface area (Å²) >= 11 is 0. The molecule has 0 N–H and O–H groups in total. The van der Waals surface area contributed by atoms with E-state index in [9.17, 15) is 4.79 Å². The first-order valence-corrected chi connectivity index (χ1v) is 10.7. The SMILES string of the molecule is CCCCCCC=C[C@H]1CCC[C@@H]1CC=CCCCCCOC(C)=O. The summed E-state index contributed by atoms with van der Waals surface area (Å²) in [7, 11) is 0. The average molecular weight is 349 g/mol. The van der Waals surface area contributed by atoms with E-state index in [0.29, 0.717) is 6.61 Å². The molecular weight excluding hydrogens is 308 g/mol. The number of carbonyl (C=O) groups is 1. The first-order chi connectivity index (χ1) is 12.2. The molecule has 0 aliphatic heterocycles. The molecule has 1 rings (SSSR count). The third kappa shape index (κ3) is 12.0. The van der Waals surface area contributed by atoms with Gasteiger partial charge >= 0.3 is 5.97 Å². The molecule has 1 fully saturated rings. The normalized spacial score (nSPS) is 20.7. The van der Waals surface area contributed by atoms with E-state index in [1.165, 1.54) is 71.1 Å². The van der Waals surface area contributed by atoms with Crippen molar-refractivity contribution in [2.75, 3.05) is 6.61 Å². The van der Waals surface area contributed by atoms with Crippen LogP contribution in [0.2, 0.25) is 0 Å². The molecule has 0 spiro atoms. The Labute approximate surface area is 156 Å². The fourth-order valence-corrected chi connectivity index (χ4v) is 3.72. The molecule has 1 saturated carbocycles. The lowest BCUT2D eigenvalue weighted by atomic mass is 9.92. The monoisotopic (exact) mass is 348 g/mol. The third-order valence-electron chi connectivity index (χ3n) is 5.25. The van der Waals surface area contributed by atoms with Crippen molar-refractivity contribution in [1.29, 1.82) is 0 Å². The van der Waals surface area contributed by atoms with Crippen LogP contribution in [0.25, 0.3) is 0 Å². The van der Waals surface area contributed by atoms with Crippen LogP contribution in [0.15, 0.2) is 24.3 Å². The second kappa shape index (κ2) is 15.2. The van der Waals surface area contributed by atoms with Crippen LogP contribution in [0.4, 0.5) is 0 Å². The van der Waals surface area contributed by atoms with Crippen LogP contribution < -0.4 is 0 Å². The van der Waals surface area contributed by atoms with E-state index in [2.05, 4.69) is 31.2 Å². The van der Waals surface area contributed by atoms with E-state index in [1.54, 1.807) is 0 Å². The molecule has 0 aromatic heterocycles. The molecule has 1 aliphatic carbocycles. The first-order valence-electron chi connectivity index (χ1n) is 10.7. The molecule has 144 valence electrons. The minimum absolute atomic E-state index is 0.166. The molecule has 0 radical (unpaired) electrons. The lowest BCUT2D eigenvalue weighted by Gasteiger charge is -2.14. The number of carbonyl (C=O) groups excluding carboxylic acids is 1. The maximum atomic E-state index is 10.7. The van der Waals surface area contributed by atoms with E-state index < -0.39 is 0 Å². The average Bonchev–Trinajstić information content (AvgIpc) is 3.03. The highest BCUT2D eigenvalue weighted by molar-refractivity contribution is 5.65. The third-order valence-corrected chi connectivity index (χ3v) is 5.25. The number of hydrogen-bond acceptors (Lipinski definition) is 2. The van der Waals surface area contributed by atoms with Gasteiger partial charge in [-0.25, -0.2) is 0 Å². The predicted molar refractivity (Wildman–Crippen MR) is 108 cm³/mol. The zero-order valence-corrected chi connectivity index (χ0v) is 16.7. The van der Waals surface area contributed by atoms with Gasteiger partial charge in [0.15, 0.2) is 0 Å². The Morgan fingerprint density at radius 3 is 2.48 bits per heavy atom. The van der Waals surface area contributed by atoms with E-state index in [4.69, 9.17) is 4.74 Å². The standard InChI is InChI=1S/C23H40O2/c1-3-4-5-6-9-12-16-22-18-15-19-23(22)17-13-10-7-8-11-14-20-25-21(2)24/h10,12-13,16,22-23H,3-9,11,14-15,17-20H2,1-2H3/t22-,23-/m0/s1. The van der Waals surface area contributed by atoms with E-state index in [0.717, 1.165) is 31.1 Å². The Morgan fingerprint density at radius 1 is 0.960 bits per heavy atom. The van der Waals surface area contributed by atoms with Gasteiger partial charge in [-0.3, -0.25) is 4.79 Å². The maximum absolute atomic E-state index is 10.7. The van der Waals surface area contributed by atoms with E-state index in [1.807, 2.05) is 0 Å². The number of rotatable bonds is 14. The second-order valence-electron chi connectivity index (χ2n) is 7.53. The molecule has 2 nitrogen and oxygen atoms in total. The summed E-state index contributed by atoms with van der Waals surface area (Å²) in [5.41, 5.74) is 0. The maximum Gasteiger partial charge on any atom is 0.302 e. The van der Waals surface area contributed by atoms with Gasteiger partial charge in [-0.1, -0.05) is 56.9 Å². The van der Waals surface area contributed by atoms with Gasteiger partial charge in [0, 0.05) is 6.92 Å². The van der Waals surface area contributed by atoms with Gasteiger partial charge in [-0.15, -0.1) is 0 Å². The molecule has 0 aromatic rings. The van der Waals surface area contributed by atoms with Crippen molar-refractivity contribution in [1.82, 2.24) is 0 Å². The summed E-state index contributed by atoms with van der Waals surface area (Å²) < 4.78 is 4.94. The largest absolute Gasteiger partial charge is 0.466 e. The van der Waals surface area contributed by atoms with Crippen LogP contribution >= 0.6 is 0 Å². The fourth-order valence-electron chi connectivity index (χ4n) is 3.72. The highest BCUT2D eigenvalue weighted by atomic mass is 16.5. The van der Waals surface area contributed by atoms with Crippen molar-refractivity contribution in [2.45, 2.75) is 97.3 Å². The Bertz CT molecular complexity index is 384. The van der Waals surface area contributed by atoms with Crippen molar-refractivity contribution in [3.63, 3.8) is 0 Å². The van der Waals surface area contributed by atoms with Crippen molar-refractivity contribution >= 4 is 5.97 Å². The highest BCUT2D eigenvalue weighted by Crippen LogP contribution is 2.35. The van der Waals surface area contributed by atoms with Crippen LogP contribution in [0, 0.1) is 11.8 Å². The molecule has 0 aromatic carbocycles. The Kier molecular flexibility index (Phi) is 13.4. The molecule has 1 aliphatic rings. The molecule has 2 heteroatoms. The Balaban J connectivity index is 2.06. The fraction of sp³-hybridized carbons (Fsp3) is 0.783. The van der Waals surface area contributed by atoms with Gasteiger partial charge in [-0.05, 0) is 69.6 Å². The summed E-state index contributed by atoms with van der Waals surface area (Å²) in [4.78, 5) is 10.7. The van der Waals surface area contributed by atoms with Crippen LogP contribution in [0.5, 0.6) is 0 Å². The molecular formula is C23H40O2. The zero-order valence-electron chi connectivity index (χ0n) is 16.7. The van der Waals surface area contributed by atoms with Gasteiger partial charge in [-0.2, -0.15) is 0 Å². The zero-order chi connectivity index (χ0) is 18.2. The smallest absolute Gasteiger partial charge is 0.302 e. The van der Waals surface area contributed by atoms with Gasteiger partial charge in [0.2, 0.25) is 0 Å². The number of esters is 1. The molecule has 25 heavy (non-hydrogen) atoms. The topological polar surface area (TPSA) is 26.3 Å². The number of ether oxygens (including phenoxy) is 1. The number of hydrogen-bond donors (Lipinski definition) is 0. The molecule has 0 heterocycles. The van der Waals surface area contributed by atoms with Gasteiger partial charge in [0.25, 0.3) is 0 Å². The van der Waals surface area contributed by atoms with Crippen LogP contribution in [-0.4, -0.2) is 12.6 Å². The van der Waals surface area contributed by atoms with Gasteiger partial charge < -0.3 is 4.74 Å². The number of allylic oxidation sites excluding steroid dienone is 4. The first kappa shape index (κ1) is 22.0. The van der Waals surface area contributed by atoms with Gasteiger partial charge in [0.1, 0.15) is 0 Å². The minimum atomic E-state index is -0.166. The molecule has 0 saturated heterocycles. The van der Waals surface area contributed by atoms with Crippen molar-refractivity contribution in [2.24, 2.45) is 11.8 Å². The molecule has 2 atom stereocenters. The summed E-state index contributed by atoms with van der Waals surface area (Å²) in [5.74, 6) is 1.52. The Morgan fingerprint density at radius 2 is 1.72 bits per heavy atom. The molecule has 0 unspecified atom stereocenters. The summed E-state index contributed by atoms with van der Waals surface area (Å²) in [6.07, 6.45) is 26.4. The van der Waals surface area contributed by atoms with Crippen LogP contribution in [0.1, 0.15) is 97.3 Å². The van der Waals surface area contributed by atoms with Gasteiger partial charge in [0.05, 0.1) is 6.61 Å². The highest BCUT2D eigenvalue weighted by Gasteiger charge is 2.23. The second-order valence-corrected chi connectivity index (χ2v) is 7.53. The van der Waals surface area contributed by atoms with Crippen LogP contribution in [0.3, 0.4) is 0 Å². The Hall–Kier alpha value is -1.05. The number of unbranched alkanes of at least 4 members (excludes halogenated alkanes) is 7. The van der Waals surface area contributed by atoms with E-state index >= 15 is 0 Å².